The average molecular weight is 496 g/mol. The highest BCUT2D eigenvalue weighted by Gasteiger charge is 2.36. The number of thiocarbonyl (C=S) groups is 1. The highest BCUT2D eigenvalue weighted by molar-refractivity contribution is 7.80. The van der Waals surface area contributed by atoms with E-state index < -0.39 is 11.9 Å². The molecule has 2 N–H and O–H groups in total. The van der Waals surface area contributed by atoms with E-state index >= 15 is 0 Å². The summed E-state index contributed by atoms with van der Waals surface area (Å²) in [5, 5.41) is 6.06. The number of nitrogens with one attached hydrogen (secondary N) is 2. The number of hydrogen-bond donors (Lipinski definition) is 2. The van der Waals surface area contributed by atoms with E-state index in [4.69, 9.17) is 12.2 Å². The van der Waals surface area contributed by atoms with Gasteiger partial charge in [-0.15, -0.1) is 0 Å². The Bertz CT molecular complexity index is 997. The van der Waals surface area contributed by atoms with Gasteiger partial charge in [0, 0.05) is 31.1 Å². The molecule has 1 aromatic heterocycles. The first-order chi connectivity index (χ1) is 16.1. The van der Waals surface area contributed by atoms with E-state index in [1.165, 1.54) is 12.1 Å². The molecule has 0 radical (unpaired) electrons. The van der Waals surface area contributed by atoms with Crippen LogP contribution < -0.4 is 15.5 Å². The molecule has 184 valence electrons. The Labute approximate surface area is 202 Å². The highest BCUT2D eigenvalue weighted by atomic mass is 32.1. The van der Waals surface area contributed by atoms with E-state index in [0.717, 1.165) is 50.2 Å². The molecule has 0 bridgehead atoms. The summed E-state index contributed by atoms with van der Waals surface area (Å²) in [6, 6.07) is 7.48. The number of nitrogens with zero attached hydrogens (tertiary/aromatic N) is 3. The molecule has 2 aliphatic rings. The molecule has 0 spiro atoms. The number of piperidine rings is 1. The minimum Gasteiger partial charge on any atom is -0.361 e. The van der Waals surface area contributed by atoms with Gasteiger partial charge >= 0.3 is 6.18 Å². The maximum Gasteiger partial charge on any atom is 0.433 e. The van der Waals surface area contributed by atoms with Crippen LogP contribution >= 0.6 is 12.2 Å². The second-order valence-corrected chi connectivity index (χ2v) is 9.81. The van der Waals surface area contributed by atoms with Gasteiger partial charge in [0.05, 0.1) is 0 Å². The van der Waals surface area contributed by atoms with Crippen LogP contribution in [0.25, 0.3) is 0 Å². The molecule has 34 heavy (non-hydrogen) atoms. The molecule has 0 amide bonds. The Hall–Kier alpha value is -2.49. The third-order valence-corrected chi connectivity index (χ3v) is 7.19. The van der Waals surface area contributed by atoms with Crippen LogP contribution in [0, 0.1) is 11.7 Å². The lowest BCUT2D eigenvalue weighted by Gasteiger charge is -2.32. The molecule has 1 saturated carbocycles. The molecule has 1 saturated heterocycles. The summed E-state index contributed by atoms with van der Waals surface area (Å²) < 4.78 is 54.0. The third-order valence-electron chi connectivity index (χ3n) is 6.94. The van der Waals surface area contributed by atoms with Crippen LogP contribution in [-0.4, -0.2) is 34.7 Å². The first-order valence-corrected chi connectivity index (χ1v) is 12.1. The molecule has 1 aliphatic carbocycles. The number of anilines is 2. The van der Waals surface area contributed by atoms with Gasteiger partial charge in [-0.05, 0) is 61.5 Å². The number of rotatable bonds is 5. The molecule has 2 fully saturated rings. The number of halogens is 4. The van der Waals surface area contributed by atoms with E-state index in [1.54, 1.807) is 12.1 Å². The molecule has 2 heterocycles. The van der Waals surface area contributed by atoms with Crippen LogP contribution in [0.5, 0.6) is 0 Å². The van der Waals surface area contributed by atoms with Crippen molar-refractivity contribution in [1.82, 2.24) is 15.3 Å². The number of aromatic nitrogens is 2. The van der Waals surface area contributed by atoms with Crippen molar-refractivity contribution in [1.29, 1.82) is 0 Å². The average Bonchev–Trinajstić information content (AvgIpc) is 3.28. The fourth-order valence-electron chi connectivity index (χ4n) is 4.85. The zero-order chi connectivity index (χ0) is 24.3. The summed E-state index contributed by atoms with van der Waals surface area (Å²) in [6.45, 7) is 3.93. The summed E-state index contributed by atoms with van der Waals surface area (Å²) in [4.78, 5) is 9.87. The van der Waals surface area contributed by atoms with Crippen LogP contribution in [0.1, 0.15) is 56.7 Å². The molecule has 0 unspecified atom stereocenters. The largest absolute Gasteiger partial charge is 0.433 e. The maximum atomic E-state index is 13.5. The van der Waals surface area contributed by atoms with Gasteiger partial charge in [-0.2, -0.15) is 18.2 Å². The Morgan fingerprint density at radius 1 is 1.12 bits per heavy atom. The van der Waals surface area contributed by atoms with Crippen LogP contribution in [0.2, 0.25) is 0 Å². The second kappa shape index (κ2) is 10.0. The predicted molar refractivity (Wildman–Crippen MR) is 128 cm³/mol. The van der Waals surface area contributed by atoms with E-state index in [9.17, 15) is 17.6 Å². The zero-order valence-electron chi connectivity index (χ0n) is 19.1. The summed E-state index contributed by atoms with van der Waals surface area (Å²) in [5.74, 6) is 0.322. The molecule has 4 rings (SSSR count). The van der Waals surface area contributed by atoms with Crippen LogP contribution in [0.15, 0.2) is 30.3 Å². The van der Waals surface area contributed by atoms with Gasteiger partial charge in [-0.25, -0.2) is 9.37 Å². The minimum absolute atomic E-state index is 0.158. The van der Waals surface area contributed by atoms with Crippen LogP contribution in [0.4, 0.5) is 29.3 Å². The van der Waals surface area contributed by atoms with Gasteiger partial charge < -0.3 is 15.5 Å². The standard InChI is InChI=1S/C24H29F4N5S/c1-16-8-12-33(13-9-16)20-14-19(24(26,27)28)30-21(31-20)32-22(34)29-15-23(10-2-3-11-23)17-4-6-18(25)7-5-17/h4-7,14,16H,2-3,8-13,15H2,1H3,(H2,29,30,31,32,34). The quantitative estimate of drug-likeness (QED) is 0.412. The lowest BCUT2D eigenvalue weighted by molar-refractivity contribution is -0.141. The van der Waals surface area contributed by atoms with Gasteiger partial charge in [-0.1, -0.05) is 31.9 Å². The van der Waals surface area contributed by atoms with Crippen molar-refractivity contribution in [2.75, 3.05) is 29.9 Å². The minimum atomic E-state index is -4.59. The molecule has 10 heteroatoms. The van der Waals surface area contributed by atoms with Crippen molar-refractivity contribution in [2.45, 2.75) is 57.0 Å². The van der Waals surface area contributed by atoms with Gasteiger partial charge in [0.2, 0.25) is 5.95 Å². The van der Waals surface area contributed by atoms with Gasteiger partial charge in [0.25, 0.3) is 0 Å². The summed E-state index contributed by atoms with van der Waals surface area (Å²) in [6.07, 6.45) is 1.15. The van der Waals surface area contributed by atoms with Crippen molar-refractivity contribution in [3.05, 3.63) is 47.4 Å². The summed E-state index contributed by atoms with van der Waals surface area (Å²) in [7, 11) is 0. The Morgan fingerprint density at radius 2 is 1.76 bits per heavy atom. The second-order valence-electron chi connectivity index (χ2n) is 9.40. The van der Waals surface area contributed by atoms with E-state index in [-0.39, 0.29) is 28.1 Å². The smallest absolute Gasteiger partial charge is 0.361 e. The van der Waals surface area contributed by atoms with Gasteiger partial charge in [-0.3, -0.25) is 0 Å². The van der Waals surface area contributed by atoms with Crippen molar-refractivity contribution < 1.29 is 17.6 Å². The molecular formula is C24H29F4N5S. The molecule has 0 atom stereocenters. The lowest BCUT2D eigenvalue weighted by Crippen LogP contribution is -2.41. The Morgan fingerprint density at radius 3 is 2.38 bits per heavy atom. The topological polar surface area (TPSA) is 53.1 Å². The predicted octanol–water partition coefficient (Wildman–Crippen LogP) is 5.67. The zero-order valence-corrected chi connectivity index (χ0v) is 19.9. The van der Waals surface area contributed by atoms with E-state index in [0.29, 0.717) is 25.6 Å². The van der Waals surface area contributed by atoms with Gasteiger partial charge in [0.15, 0.2) is 10.8 Å². The van der Waals surface area contributed by atoms with Gasteiger partial charge in [0.1, 0.15) is 11.6 Å². The Kier molecular flexibility index (Phi) is 7.25. The van der Waals surface area contributed by atoms with Crippen LogP contribution in [-0.2, 0) is 11.6 Å². The summed E-state index contributed by atoms with van der Waals surface area (Å²) in [5.41, 5.74) is -0.178. The molecule has 5 nitrogen and oxygen atoms in total. The fraction of sp³-hybridized carbons (Fsp3) is 0.542. The normalized spacial score (nSPS) is 18.7. The first-order valence-electron chi connectivity index (χ1n) is 11.7. The first kappa shape index (κ1) is 24.6. The van der Waals surface area contributed by atoms with Crippen molar-refractivity contribution in [3.63, 3.8) is 0 Å². The molecule has 1 aliphatic heterocycles. The van der Waals surface area contributed by atoms with Crippen molar-refractivity contribution in [3.8, 4) is 0 Å². The monoisotopic (exact) mass is 495 g/mol. The molecular weight excluding hydrogens is 466 g/mol. The molecule has 1 aromatic carbocycles. The number of benzene rings is 1. The third kappa shape index (κ3) is 5.76. The number of alkyl halides is 3. The lowest BCUT2D eigenvalue weighted by atomic mass is 9.79. The van der Waals surface area contributed by atoms with Crippen LogP contribution in [0.3, 0.4) is 0 Å². The Balaban J connectivity index is 1.48. The highest BCUT2D eigenvalue weighted by Crippen LogP contribution is 2.40. The van der Waals surface area contributed by atoms with Crippen molar-refractivity contribution in [2.24, 2.45) is 5.92 Å². The maximum absolute atomic E-state index is 13.5. The molecule has 2 aromatic rings. The SMILES string of the molecule is CC1CCN(c2cc(C(F)(F)F)nc(NC(=S)NCC3(c4ccc(F)cc4)CCCC3)n2)CC1. The van der Waals surface area contributed by atoms with E-state index in [1.807, 2.05) is 4.90 Å². The fourth-order valence-corrected chi connectivity index (χ4v) is 5.02. The summed E-state index contributed by atoms with van der Waals surface area (Å²) >= 11 is 5.39. The van der Waals surface area contributed by atoms with E-state index in [2.05, 4.69) is 27.5 Å². The van der Waals surface area contributed by atoms with Crippen molar-refractivity contribution >= 4 is 29.1 Å². The number of hydrogen-bond acceptors (Lipinski definition) is 4.